The first-order valence-electron chi connectivity index (χ1n) is 7.16. The van der Waals surface area contributed by atoms with E-state index in [-0.39, 0.29) is 5.56 Å². The van der Waals surface area contributed by atoms with Crippen molar-refractivity contribution in [2.75, 3.05) is 0 Å². The maximum Gasteiger partial charge on any atom is 0.164 e. The molecule has 0 aliphatic carbocycles. The van der Waals surface area contributed by atoms with Crippen molar-refractivity contribution in [1.29, 1.82) is 0 Å². The fourth-order valence-corrected chi connectivity index (χ4v) is 2.30. The molecule has 0 aliphatic heterocycles. The lowest BCUT2D eigenvalue weighted by atomic mass is 9.89. The Morgan fingerprint density at radius 2 is 1.68 bits per heavy atom. The minimum absolute atomic E-state index is 0.0565. The number of unbranched alkanes of at least 4 members (excludes halogenated alkanes) is 5. The average Bonchev–Trinajstić information content (AvgIpc) is 2.36. The van der Waals surface area contributed by atoms with Crippen LogP contribution in [0.15, 0.2) is 18.2 Å². The van der Waals surface area contributed by atoms with Crippen molar-refractivity contribution in [3.05, 3.63) is 35.4 Å². The first-order chi connectivity index (χ1) is 8.99. The normalized spacial score (nSPS) is 14.4. The Kier molecular flexibility index (Phi) is 6.43. The van der Waals surface area contributed by atoms with Crippen LogP contribution in [-0.2, 0) is 5.60 Å². The van der Waals surface area contributed by atoms with Gasteiger partial charge < -0.3 is 5.11 Å². The Morgan fingerprint density at radius 3 is 2.37 bits per heavy atom. The Morgan fingerprint density at radius 1 is 1.05 bits per heavy atom. The fraction of sp³-hybridized carbons (Fsp3) is 0.625. The molecule has 0 amide bonds. The second kappa shape index (κ2) is 7.59. The zero-order chi connectivity index (χ0) is 14.3. The molecule has 1 atom stereocenters. The summed E-state index contributed by atoms with van der Waals surface area (Å²) in [5, 5.41) is 10.3. The average molecular weight is 270 g/mol. The number of hydrogen-bond donors (Lipinski definition) is 1. The monoisotopic (exact) mass is 270 g/mol. The molecule has 0 fully saturated rings. The number of halogens is 2. The van der Waals surface area contributed by atoms with E-state index in [1.807, 2.05) is 0 Å². The molecule has 0 bridgehead atoms. The second-order valence-corrected chi connectivity index (χ2v) is 5.39. The number of benzene rings is 1. The van der Waals surface area contributed by atoms with Gasteiger partial charge in [-0.25, -0.2) is 8.78 Å². The van der Waals surface area contributed by atoms with Crippen LogP contribution in [0.3, 0.4) is 0 Å². The molecule has 0 aliphatic rings. The lowest BCUT2D eigenvalue weighted by Crippen LogP contribution is -2.23. The summed E-state index contributed by atoms with van der Waals surface area (Å²) in [5.41, 5.74) is -1.24. The minimum atomic E-state index is -1.29. The standard InChI is InChI=1S/C16H24F2O/c1-3-4-5-6-7-8-12-16(2,19)13-10-9-11-14(17)15(13)18/h9-11,19H,3-8,12H2,1-2H3. The Labute approximate surface area is 114 Å². The molecule has 0 aromatic heterocycles. The van der Waals surface area contributed by atoms with Gasteiger partial charge in [-0.15, -0.1) is 0 Å². The van der Waals surface area contributed by atoms with Crippen LogP contribution in [0, 0.1) is 11.6 Å². The van der Waals surface area contributed by atoms with Crippen molar-refractivity contribution < 1.29 is 13.9 Å². The molecule has 108 valence electrons. The van der Waals surface area contributed by atoms with Gasteiger partial charge in [0, 0.05) is 5.56 Å². The molecular formula is C16H24F2O. The van der Waals surface area contributed by atoms with E-state index < -0.39 is 17.2 Å². The maximum atomic E-state index is 13.6. The van der Waals surface area contributed by atoms with Crippen molar-refractivity contribution >= 4 is 0 Å². The highest BCUT2D eigenvalue weighted by molar-refractivity contribution is 5.24. The van der Waals surface area contributed by atoms with Crippen LogP contribution in [-0.4, -0.2) is 5.11 Å². The Bertz CT molecular complexity index is 388. The molecule has 19 heavy (non-hydrogen) atoms. The van der Waals surface area contributed by atoms with E-state index in [1.54, 1.807) is 6.92 Å². The minimum Gasteiger partial charge on any atom is -0.385 e. The topological polar surface area (TPSA) is 20.2 Å². The van der Waals surface area contributed by atoms with Gasteiger partial charge in [-0.1, -0.05) is 57.6 Å². The number of hydrogen-bond acceptors (Lipinski definition) is 1. The fourth-order valence-electron chi connectivity index (χ4n) is 2.30. The largest absolute Gasteiger partial charge is 0.385 e. The van der Waals surface area contributed by atoms with Gasteiger partial charge in [-0.2, -0.15) is 0 Å². The van der Waals surface area contributed by atoms with Crippen molar-refractivity contribution in [1.82, 2.24) is 0 Å². The van der Waals surface area contributed by atoms with Crippen molar-refractivity contribution in [3.8, 4) is 0 Å². The van der Waals surface area contributed by atoms with Crippen molar-refractivity contribution in [2.45, 2.75) is 64.4 Å². The summed E-state index contributed by atoms with van der Waals surface area (Å²) in [7, 11) is 0. The van der Waals surface area contributed by atoms with Gasteiger partial charge in [0.05, 0.1) is 5.60 Å². The highest BCUT2D eigenvalue weighted by Crippen LogP contribution is 2.30. The highest BCUT2D eigenvalue weighted by atomic mass is 19.2. The Balaban J connectivity index is 2.49. The molecule has 1 aromatic rings. The third-order valence-corrected chi connectivity index (χ3v) is 3.55. The summed E-state index contributed by atoms with van der Waals surface area (Å²) in [5.74, 6) is -1.83. The zero-order valence-corrected chi connectivity index (χ0v) is 11.9. The van der Waals surface area contributed by atoms with Gasteiger partial charge in [-0.3, -0.25) is 0 Å². The van der Waals surface area contributed by atoms with Crippen LogP contribution in [0.1, 0.15) is 64.4 Å². The summed E-state index contributed by atoms with van der Waals surface area (Å²) in [6.07, 6.45) is 7.07. The summed E-state index contributed by atoms with van der Waals surface area (Å²) in [6, 6.07) is 3.96. The van der Waals surface area contributed by atoms with Gasteiger partial charge in [0.2, 0.25) is 0 Å². The second-order valence-electron chi connectivity index (χ2n) is 5.39. The third kappa shape index (κ3) is 4.90. The molecule has 1 nitrogen and oxygen atoms in total. The smallest absolute Gasteiger partial charge is 0.164 e. The SMILES string of the molecule is CCCCCCCCC(C)(O)c1cccc(F)c1F. The van der Waals surface area contributed by atoms with Gasteiger partial charge in [0.1, 0.15) is 0 Å². The number of aliphatic hydroxyl groups is 1. The lowest BCUT2D eigenvalue weighted by molar-refractivity contribution is 0.0405. The summed E-state index contributed by atoms with van der Waals surface area (Å²) < 4.78 is 26.8. The van der Waals surface area contributed by atoms with Gasteiger partial charge in [0.25, 0.3) is 0 Å². The van der Waals surface area contributed by atoms with Crippen LogP contribution in [0.5, 0.6) is 0 Å². The van der Waals surface area contributed by atoms with E-state index in [0.29, 0.717) is 6.42 Å². The predicted molar refractivity (Wildman–Crippen MR) is 73.9 cm³/mol. The molecule has 1 aromatic carbocycles. The molecule has 0 saturated carbocycles. The van der Waals surface area contributed by atoms with E-state index >= 15 is 0 Å². The molecule has 0 saturated heterocycles. The molecule has 0 spiro atoms. The first-order valence-corrected chi connectivity index (χ1v) is 7.16. The summed E-state index contributed by atoms with van der Waals surface area (Å²) in [6.45, 7) is 3.72. The van der Waals surface area contributed by atoms with Gasteiger partial charge in [-0.05, 0) is 19.4 Å². The van der Waals surface area contributed by atoms with Gasteiger partial charge >= 0.3 is 0 Å². The summed E-state index contributed by atoms with van der Waals surface area (Å²) in [4.78, 5) is 0. The zero-order valence-electron chi connectivity index (χ0n) is 11.9. The Hall–Kier alpha value is -0.960. The van der Waals surface area contributed by atoms with E-state index in [9.17, 15) is 13.9 Å². The molecule has 1 rings (SSSR count). The third-order valence-electron chi connectivity index (χ3n) is 3.55. The first kappa shape index (κ1) is 16.1. The summed E-state index contributed by atoms with van der Waals surface area (Å²) >= 11 is 0. The van der Waals surface area contributed by atoms with E-state index in [0.717, 1.165) is 25.3 Å². The van der Waals surface area contributed by atoms with Crippen LogP contribution >= 0.6 is 0 Å². The van der Waals surface area contributed by atoms with Gasteiger partial charge in [0.15, 0.2) is 11.6 Å². The van der Waals surface area contributed by atoms with E-state index in [1.165, 1.54) is 31.4 Å². The number of rotatable bonds is 8. The maximum absolute atomic E-state index is 13.6. The highest BCUT2D eigenvalue weighted by Gasteiger charge is 2.27. The van der Waals surface area contributed by atoms with E-state index in [4.69, 9.17) is 0 Å². The van der Waals surface area contributed by atoms with Crippen LogP contribution in [0.2, 0.25) is 0 Å². The molecular weight excluding hydrogens is 246 g/mol. The molecule has 0 radical (unpaired) electrons. The van der Waals surface area contributed by atoms with Crippen LogP contribution in [0.4, 0.5) is 8.78 Å². The quantitative estimate of drug-likeness (QED) is 0.664. The molecule has 3 heteroatoms. The predicted octanol–water partition coefficient (Wildman–Crippen LogP) is 4.92. The molecule has 1 unspecified atom stereocenters. The van der Waals surface area contributed by atoms with E-state index in [2.05, 4.69) is 6.92 Å². The lowest BCUT2D eigenvalue weighted by Gasteiger charge is -2.24. The molecule has 1 N–H and O–H groups in total. The van der Waals surface area contributed by atoms with Crippen molar-refractivity contribution in [2.24, 2.45) is 0 Å². The molecule has 0 heterocycles. The van der Waals surface area contributed by atoms with Crippen LogP contribution in [0.25, 0.3) is 0 Å². The van der Waals surface area contributed by atoms with Crippen LogP contribution < -0.4 is 0 Å². The van der Waals surface area contributed by atoms with Crippen molar-refractivity contribution in [3.63, 3.8) is 0 Å².